The van der Waals surface area contributed by atoms with Gasteiger partial charge in [0.1, 0.15) is 6.07 Å². The molecule has 21 heavy (non-hydrogen) atoms. The minimum absolute atomic E-state index is 0.0726. The van der Waals surface area contributed by atoms with E-state index >= 15 is 0 Å². The highest BCUT2D eigenvalue weighted by Crippen LogP contribution is 2.35. The van der Waals surface area contributed by atoms with Gasteiger partial charge in [-0.05, 0) is 36.4 Å². The highest BCUT2D eigenvalue weighted by Gasteiger charge is 2.30. The van der Waals surface area contributed by atoms with Gasteiger partial charge in [-0.2, -0.15) is 18.4 Å². The Balaban J connectivity index is 2.35. The van der Waals surface area contributed by atoms with Gasteiger partial charge in [0.15, 0.2) is 0 Å². The van der Waals surface area contributed by atoms with Crippen molar-refractivity contribution in [1.82, 2.24) is 0 Å². The molecule has 0 atom stereocenters. The molecule has 0 spiro atoms. The number of halogens is 5. The molecular formula is C14H7BrClF3N2. The number of hydrogen-bond donors (Lipinski definition) is 1. The van der Waals surface area contributed by atoms with Crippen molar-refractivity contribution in [3.63, 3.8) is 0 Å². The highest BCUT2D eigenvalue weighted by molar-refractivity contribution is 9.10. The standard InChI is InChI=1S/C14H7BrClF3N2/c15-10-2-4-12(8(5-10)7-20)21-13-3-1-9(6-11(13)16)14(17,18)19/h1-6,21H. The summed E-state index contributed by atoms with van der Waals surface area (Å²) < 4.78 is 38.4. The summed E-state index contributed by atoms with van der Waals surface area (Å²) in [6.45, 7) is 0. The van der Waals surface area contributed by atoms with Gasteiger partial charge in [-0.3, -0.25) is 0 Å². The Morgan fingerprint density at radius 2 is 1.76 bits per heavy atom. The topological polar surface area (TPSA) is 35.8 Å². The Kier molecular flexibility index (Phi) is 4.45. The largest absolute Gasteiger partial charge is 0.416 e. The molecule has 1 N–H and O–H groups in total. The number of nitrogens with one attached hydrogen (secondary N) is 1. The van der Waals surface area contributed by atoms with Crippen molar-refractivity contribution in [2.75, 3.05) is 5.32 Å². The van der Waals surface area contributed by atoms with Gasteiger partial charge in [0.2, 0.25) is 0 Å². The van der Waals surface area contributed by atoms with E-state index in [2.05, 4.69) is 21.2 Å². The van der Waals surface area contributed by atoms with E-state index in [-0.39, 0.29) is 5.02 Å². The summed E-state index contributed by atoms with van der Waals surface area (Å²) in [7, 11) is 0. The fourth-order valence-corrected chi connectivity index (χ4v) is 2.24. The number of anilines is 2. The molecule has 0 aliphatic rings. The Hall–Kier alpha value is -1.71. The number of nitrogens with zero attached hydrogens (tertiary/aromatic N) is 1. The predicted octanol–water partition coefficient (Wildman–Crippen LogP) is 5.74. The average Bonchev–Trinajstić information content (AvgIpc) is 2.41. The molecule has 0 fully saturated rings. The first-order valence-corrected chi connectivity index (χ1v) is 6.82. The van der Waals surface area contributed by atoms with E-state index < -0.39 is 11.7 Å². The molecule has 0 unspecified atom stereocenters. The van der Waals surface area contributed by atoms with Crippen molar-refractivity contribution in [2.45, 2.75) is 6.18 Å². The minimum atomic E-state index is -4.45. The first-order chi connectivity index (χ1) is 9.81. The zero-order valence-corrected chi connectivity index (χ0v) is 12.6. The second-order valence-corrected chi connectivity index (χ2v) is 5.44. The number of hydrogen-bond acceptors (Lipinski definition) is 2. The van der Waals surface area contributed by atoms with Crippen LogP contribution >= 0.6 is 27.5 Å². The van der Waals surface area contributed by atoms with Gasteiger partial charge in [0.05, 0.1) is 27.5 Å². The summed E-state index contributed by atoms with van der Waals surface area (Å²) in [6, 6.07) is 9.94. The lowest BCUT2D eigenvalue weighted by Gasteiger charge is -2.12. The molecule has 2 aromatic carbocycles. The van der Waals surface area contributed by atoms with E-state index in [1.807, 2.05) is 6.07 Å². The zero-order chi connectivity index (χ0) is 15.6. The van der Waals surface area contributed by atoms with Crippen LogP contribution in [0.1, 0.15) is 11.1 Å². The Morgan fingerprint density at radius 3 is 2.33 bits per heavy atom. The molecule has 0 heterocycles. The van der Waals surface area contributed by atoms with Crippen molar-refractivity contribution in [2.24, 2.45) is 0 Å². The van der Waals surface area contributed by atoms with E-state index in [1.54, 1.807) is 18.2 Å². The molecule has 0 aromatic heterocycles. The maximum absolute atomic E-state index is 12.6. The molecule has 7 heteroatoms. The molecule has 0 amide bonds. The van der Waals surface area contributed by atoms with Crippen LogP contribution in [-0.4, -0.2) is 0 Å². The summed E-state index contributed by atoms with van der Waals surface area (Å²) in [6.07, 6.45) is -4.45. The molecule has 0 aliphatic carbocycles. The maximum Gasteiger partial charge on any atom is 0.416 e. The summed E-state index contributed by atoms with van der Waals surface area (Å²) in [5, 5.41) is 11.8. The first kappa shape index (κ1) is 15.7. The number of benzene rings is 2. The lowest BCUT2D eigenvalue weighted by molar-refractivity contribution is -0.137. The Morgan fingerprint density at radius 1 is 1.10 bits per heavy atom. The third-order valence-electron chi connectivity index (χ3n) is 2.67. The number of rotatable bonds is 2. The zero-order valence-electron chi connectivity index (χ0n) is 10.3. The van der Waals surface area contributed by atoms with Gasteiger partial charge in [0, 0.05) is 4.47 Å². The smallest absolute Gasteiger partial charge is 0.353 e. The van der Waals surface area contributed by atoms with E-state index in [0.29, 0.717) is 16.9 Å². The monoisotopic (exact) mass is 374 g/mol. The van der Waals surface area contributed by atoms with Crippen LogP contribution in [0.2, 0.25) is 5.02 Å². The van der Waals surface area contributed by atoms with Crippen LogP contribution in [0, 0.1) is 11.3 Å². The fraction of sp³-hybridized carbons (Fsp3) is 0.0714. The summed E-state index contributed by atoms with van der Waals surface area (Å²) in [5.41, 5.74) is 0.278. The third-order valence-corrected chi connectivity index (χ3v) is 3.47. The van der Waals surface area contributed by atoms with Crippen LogP contribution in [-0.2, 0) is 6.18 Å². The first-order valence-electron chi connectivity index (χ1n) is 5.64. The second kappa shape index (κ2) is 5.96. The van der Waals surface area contributed by atoms with Crippen LogP contribution in [0.3, 0.4) is 0 Å². The van der Waals surface area contributed by atoms with Crippen molar-refractivity contribution >= 4 is 38.9 Å². The molecule has 0 radical (unpaired) electrons. The van der Waals surface area contributed by atoms with Gasteiger partial charge in [-0.1, -0.05) is 27.5 Å². The van der Waals surface area contributed by atoms with E-state index in [0.717, 1.165) is 16.6 Å². The normalized spacial score (nSPS) is 11.0. The van der Waals surface area contributed by atoms with Gasteiger partial charge < -0.3 is 5.32 Å². The molecule has 2 aromatic rings. The summed E-state index contributed by atoms with van der Waals surface area (Å²) in [4.78, 5) is 0. The Labute approximate surface area is 132 Å². The third kappa shape index (κ3) is 3.69. The molecule has 2 rings (SSSR count). The van der Waals surface area contributed by atoms with E-state index in [9.17, 15) is 13.2 Å². The fourth-order valence-electron chi connectivity index (χ4n) is 1.66. The molecule has 108 valence electrons. The van der Waals surface area contributed by atoms with Gasteiger partial charge in [-0.15, -0.1) is 0 Å². The van der Waals surface area contributed by atoms with Crippen molar-refractivity contribution in [1.29, 1.82) is 5.26 Å². The van der Waals surface area contributed by atoms with Gasteiger partial charge in [-0.25, -0.2) is 0 Å². The average molecular weight is 376 g/mol. The van der Waals surface area contributed by atoms with Crippen LogP contribution in [0.5, 0.6) is 0 Å². The number of alkyl halides is 3. The molecule has 0 bridgehead atoms. The summed E-state index contributed by atoms with van der Waals surface area (Å²) >= 11 is 9.10. The van der Waals surface area contributed by atoms with Crippen LogP contribution in [0.4, 0.5) is 24.5 Å². The maximum atomic E-state index is 12.6. The summed E-state index contributed by atoms with van der Waals surface area (Å²) in [5.74, 6) is 0. The quantitative estimate of drug-likeness (QED) is 0.727. The van der Waals surface area contributed by atoms with Crippen molar-refractivity contribution < 1.29 is 13.2 Å². The van der Waals surface area contributed by atoms with Crippen LogP contribution < -0.4 is 5.32 Å². The molecule has 0 aliphatic heterocycles. The van der Waals surface area contributed by atoms with Gasteiger partial charge in [0.25, 0.3) is 0 Å². The van der Waals surface area contributed by atoms with Crippen LogP contribution in [0.25, 0.3) is 0 Å². The molecule has 2 nitrogen and oxygen atoms in total. The van der Waals surface area contributed by atoms with Crippen LogP contribution in [0.15, 0.2) is 40.9 Å². The van der Waals surface area contributed by atoms with Crippen molar-refractivity contribution in [3.8, 4) is 6.07 Å². The van der Waals surface area contributed by atoms with E-state index in [1.165, 1.54) is 6.07 Å². The highest BCUT2D eigenvalue weighted by atomic mass is 79.9. The molecular weight excluding hydrogens is 369 g/mol. The van der Waals surface area contributed by atoms with Gasteiger partial charge >= 0.3 is 6.18 Å². The van der Waals surface area contributed by atoms with E-state index in [4.69, 9.17) is 16.9 Å². The second-order valence-electron chi connectivity index (χ2n) is 4.12. The SMILES string of the molecule is N#Cc1cc(Br)ccc1Nc1ccc(C(F)(F)F)cc1Cl. The number of nitriles is 1. The lowest BCUT2D eigenvalue weighted by atomic mass is 10.1. The lowest BCUT2D eigenvalue weighted by Crippen LogP contribution is -2.05. The molecule has 0 saturated heterocycles. The molecule has 0 saturated carbocycles. The predicted molar refractivity (Wildman–Crippen MR) is 78.6 cm³/mol. The minimum Gasteiger partial charge on any atom is -0.353 e. The van der Waals surface area contributed by atoms with Crippen molar-refractivity contribution in [3.05, 3.63) is 57.0 Å². The Bertz CT molecular complexity index is 723.